The van der Waals surface area contributed by atoms with E-state index in [1.165, 1.54) is 71.1 Å². The van der Waals surface area contributed by atoms with Gasteiger partial charge >= 0.3 is 0 Å². The Kier molecular flexibility index (Phi) is 8.70. The summed E-state index contributed by atoms with van der Waals surface area (Å²) in [6.45, 7) is 12.0. The maximum absolute atomic E-state index is 3.59. The highest BCUT2D eigenvalue weighted by atomic mass is 15.1. The normalized spacial score (nSPS) is 23.8. The summed E-state index contributed by atoms with van der Waals surface area (Å²) in [5, 5.41) is 3.59. The van der Waals surface area contributed by atoms with Crippen LogP contribution in [0.25, 0.3) is 0 Å². The maximum Gasteiger partial charge on any atom is 0.00508 e. The topological polar surface area (TPSA) is 15.3 Å². The summed E-state index contributed by atoms with van der Waals surface area (Å²) in [6, 6.07) is 0.680. The van der Waals surface area contributed by atoms with E-state index in [2.05, 4.69) is 31.0 Å². The number of likely N-dealkylation sites (tertiary alicyclic amines) is 1. The molecule has 108 valence electrons. The highest BCUT2D eigenvalue weighted by Crippen LogP contribution is 2.21. The molecule has 2 heteroatoms. The number of hydrogen-bond acceptors (Lipinski definition) is 2. The lowest BCUT2D eigenvalue weighted by molar-refractivity contribution is 0.264. The van der Waals surface area contributed by atoms with E-state index in [9.17, 15) is 0 Å². The second-order valence-corrected chi connectivity index (χ2v) is 6.07. The van der Waals surface area contributed by atoms with Gasteiger partial charge in [0, 0.05) is 6.04 Å². The molecule has 0 aromatic rings. The molecule has 0 amide bonds. The Morgan fingerprint density at radius 3 is 2.72 bits per heavy atom. The van der Waals surface area contributed by atoms with Gasteiger partial charge in [0.05, 0.1) is 0 Å². The van der Waals surface area contributed by atoms with Gasteiger partial charge < -0.3 is 10.2 Å². The molecular formula is C16H34N2. The smallest absolute Gasteiger partial charge is 0.00508 e. The van der Waals surface area contributed by atoms with Crippen LogP contribution in [0.4, 0.5) is 0 Å². The fourth-order valence-corrected chi connectivity index (χ4v) is 3.01. The van der Waals surface area contributed by atoms with Crippen LogP contribution in [0.2, 0.25) is 0 Å². The van der Waals surface area contributed by atoms with E-state index >= 15 is 0 Å². The van der Waals surface area contributed by atoms with Crippen molar-refractivity contribution < 1.29 is 0 Å². The molecule has 0 spiro atoms. The highest BCUT2D eigenvalue weighted by molar-refractivity contribution is 4.71. The predicted molar refractivity (Wildman–Crippen MR) is 81.1 cm³/mol. The van der Waals surface area contributed by atoms with Crippen LogP contribution in [-0.2, 0) is 0 Å². The van der Waals surface area contributed by atoms with Gasteiger partial charge in [0.1, 0.15) is 0 Å². The molecule has 18 heavy (non-hydrogen) atoms. The van der Waals surface area contributed by atoms with Gasteiger partial charge in [-0.25, -0.2) is 0 Å². The fourth-order valence-electron chi connectivity index (χ4n) is 3.01. The lowest BCUT2D eigenvalue weighted by Gasteiger charge is -2.22. The Labute approximate surface area is 115 Å². The second kappa shape index (κ2) is 9.80. The van der Waals surface area contributed by atoms with Crippen LogP contribution in [0.15, 0.2) is 0 Å². The standard InChI is InChI=1S/C16H34N2/c1-4-7-16-8-6-12-18(14-10-16)13-9-15(3)17-11-5-2/h15-17H,4-14H2,1-3H3. The van der Waals surface area contributed by atoms with Crippen LogP contribution in [0.3, 0.4) is 0 Å². The van der Waals surface area contributed by atoms with E-state index in [1.54, 1.807) is 0 Å². The zero-order valence-electron chi connectivity index (χ0n) is 12.9. The quantitative estimate of drug-likeness (QED) is 0.711. The van der Waals surface area contributed by atoms with Crippen molar-refractivity contribution in [2.75, 3.05) is 26.2 Å². The first-order valence-electron chi connectivity index (χ1n) is 8.22. The minimum atomic E-state index is 0.680. The second-order valence-electron chi connectivity index (χ2n) is 6.07. The summed E-state index contributed by atoms with van der Waals surface area (Å²) in [7, 11) is 0. The first kappa shape index (κ1) is 16.0. The Morgan fingerprint density at radius 2 is 2.00 bits per heavy atom. The minimum absolute atomic E-state index is 0.680. The van der Waals surface area contributed by atoms with Crippen LogP contribution in [0.1, 0.15) is 65.7 Å². The third-order valence-corrected chi connectivity index (χ3v) is 4.26. The van der Waals surface area contributed by atoms with E-state index in [4.69, 9.17) is 0 Å². The molecule has 0 bridgehead atoms. The summed E-state index contributed by atoms with van der Waals surface area (Å²) >= 11 is 0. The molecule has 1 N–H and O–H groups in total. The molecule has 2 atom stereocenters. The van der Waals surface area contributed by atoms with Crippen molar-refractivity contribution in [2.24, 2.45) is 5.92 Å². The molecule has 0 radical (unpaired) electrons. The van der Waals surface area contributed by atoms with Crippen molar-refractivity contribution in [1.82, 2.24) is 10.2 Å². The van der Waals surface area contributed by atoms with Crippen LogP contribution in [0, 0.1) is 5.92 Å². The van der Waals surface area contributed by atoms with Crippen molar-refractivity contribution in [2.45, 2.75) is 71.8 Å². The number of nitrogens with zero attached hydrogens (tertiary/aromatic N) is 1. The molecule has 1 rings (SSSR count). The van der Waals surface area contributed by atoms with Gasteiger partial charge in [0.2, 0.25) is 0 Å². The minimum Gasteiger partial charge on any atom is -0.314 e. The average molecular weight is 254 g/mol. The van der Waals surface area contributed by atoms with Gasteiger partial charge in [0.15, 0.2) is 0 Å². The van der Waals surface area contributed by atoms with Gasteiger partial charge in [-0.2, -0.15) is 0 Å². The Hall–Kier alpha value is -0.0800. The van der Waals surface area contributed by atoms with E-state index < -0.39 is 0 Å². The summed E-state index contributed by atoms with van der Waals surface area (Å²) < 4.78 is 0. The van der Waals surface area contributed by atoms with E-state index in [0.717, 1.165) is 5.92 Å². The third kappa shape index (κ3) is 6.75. The lowest BCUT2D eigenvalue weighted by Crippen LogP contribution is -2.33. The van der Waals surface area contributed by atoms with E-state index in [-0.39, 0.29) is 0 Å². The van der Waals surface area contributed by atoms with Gasteiger partial charge in [-0.1, -0.05) is 26.7 Å². The largest absolute Gasteiger partial charge is 0.314 e. The first-order valence-corrected chi connectivity index (χ1v) is 8.22. The molecule has 0 aromatic carbocycles. The number of nitrogens with one attached hydrogen (secondary N) is 1. The Morgan fingerprint density at radius 1 is 1.17 bits per heavy atom. The maximum atomic E-state index is 3.59. The predicted octanol–water partition coefficient (Wildman–Crippen LogP) is 3.67. The van der Waals surface area contributed by atoms with Crippen LogP contribution in [-0.4, -0.2) is 37.1 Å². The van der Waals surface area contributed by atoms with Crippen molar-refractivity contribution in [3.63, 3.8) is 0 Å². The number of hydrogen-bond donors (Lipinski definition) is 1. The van der Waals surface area contributed by atoms with Gasteiger partial charge in [0.25, 0.3) is 0 Å². The average Bonchev–Trinajstić information content (AvgIpc) is 2.60. The van der Waals surface area contributed by atoms with E-state index in [1.807, 2.05) is 0 Å². The molecule has 0 aliphatic carbocycles. The molecule has 1 fully saturated rings. The zero-order chi connectivity index (χ0) is 13.2. The summed E-state index contributed by atoms with van der Waals surface area (Å²) in [5.74, 6) is 1.01. The Balaban J connectivity index is 2.15. The highest BCUT2D eigenvalue weighted by Gasteiger charge is 2.16. The van der Waals surface area contributed by atoms with Crippen molar-refractivity contribution >= 4 is 0 Å². The van der Waals surface area contributed by atoms with Crippen molar-refractivity contribution in [3.8, 4) is 0 Å². The van der Waals surface area contributed by atoms with Gasteiger partial charge in [-0.05, 0) is 71.1 Å². The van der Waals surface area contributed by atoms with Crippen LogP contribution >= 0.6 is 0 Å². The molecule has 1 aliphatic rings. The molecular weight excluding hydrogens is 220 g/mol. The van der Waals surface area contributed by atoms with Crippen LogP contribution < -0.4 is 5.32 Å². The summed E-state index contributed by atoms with van der Waals surface area (Å²) in [6.07, 6.45) is 9.68. The summed E-state index contributed by atoms with van der Waals surface area (Å²) in [5.41, 5.74) is 0. The molecule has 0 aromatic heterocycles. The molecule has 1 saturated heterocycles. The number of rotatable bonds is 8. The van der Waals surface area contributed by atoms with Gasteiger partial charge in [-0.3, -0.25) is 0 Å². The molecule has 2 unspecified atom stereocenters. The third-order valence-electron chi connectivity index (χ3n) is 4.26. The summed E-state index contributed by atoms with van der Waals surface area (Å²) in [4.78, 5) is 2.69. The van der Waals surface area contributed by atoms with E-state index in [0.29, 0.717) is 6.04 Å². The SMILES string of the molecule is CCCNC(C)CCN1CCCC(CCC)CC1. The molecule has 1 aliphatic heterocycles. The molecule has 0 saturated carbocycles. The van der Waals surface area contributed by atoms with Crippen molar-refractivity contribution in [3.05, 3.63) is 0 Å². The fraction of sp³-hybridized carbons (Fsp3) is 1.00. The van der Waals surface area contributed by atoms with Gasteiger partial charge in [-0.15, -0.1) is 0 Å². The molecule has 2 nitrogen and oxygen atoms in total. The Bertz CT molecular complexity index is 194. The molecule has 1 heterocycles. The monoisotopic (exact) mass is 254 g/mol. The zero-order valence-corrected chi connectivity index (χ0v) is 12.9. The van der Waals surface area contributed by atoms with Crippen LogP contribution in [0.5, 0.6) is 0 Å². The first-order chi connectivity index (χ1) is 8.76. The van der Waals surface area contributed by atoms with Crippen molar-refractivity contribution in [1.29, 1.82) is 0 Å². The lowest BCUT2D eigenvalue weighted by atomic mass is 9.96.